The van der Waals surface area contributed by atoms with Gasteiger partial charge in [0, 0.05) is 6.20 Å². The Morgan fingerprint density at radius 1 is 1.37 bits per heavy atom. The Kier molecular flexibility index (Phi) is 2.88. The molecule has 0 aliphatic carbocycles. The lowest BCUT2D eigenvalue weighted by Gasteiger charge is -2.07. The van der Waals surface area contributed by atoms with Crippen LogP contribution in [0.5, 0.6) is 0 Å². The quantitative estimate of drug-likeness (QED) is 0.683. The van der Waals surface area contributed by atoms with Crippen molar-refractivity contribution in [3.05, 3.63) is 51.6 Å². The zero-order valence-corrected chi connectivity index (χ0v) is 11.5. The van der Waals surface area contributed by atoms with Crippen LogP contribution in [0, 0.1) is 17.5 Å². The second-order valence-electron chi connectivity index (χ2n) is 4.22. The first-order valence-corrected chi connectivity index (χ1v) is 6.37. The number of nitrogens with zero attached hydrogens (tertiary/aromatic N) is 2. The van der Waals surface area contributed by atoms with E-state index in [2.05, 4.69) is 9.97 Å². The van der Waals surface area contributed by atoms with Crippen LogP contribution in [0.15, 0.2) is 30.5 Å². The zero-order chi connectivity index (χ0) is 13.6. The highest BCUT2D eigenvalue weighted by Crippen LogP contribution is 2.23. The van der Waals surface area contributed by atoms with Crippen molar-refractivity contribution in [2.24, 2.45) is 0 Å². The topological polar surface area (TPSA) is 33.6 Å². The summed E-state index contributed by atoms with van der Waals surface area (Å²) in [6.45, 7) is 1.83. The Hall–Kier alpha value is -1.72. The molecule has 1 N–H and O–H groups in total. The summed E-state index contributed by atoms with van der Waals surface area (Å²) >= 11 is 11.2. The Bertz CT molecular complexity index is 838. The van der Waals surface area contributed by atoms with Crippen molar-refractivity contribution in [1.82, 2.24) is 14.5 Å². The minimum absolute atomic E-state index is 0.274. The molecule has 0 saturated carbocycles. The SMILES string of the molecule is Cc1cc(F)ccc1-n1c(=S)[nH]c2cc(Cl)cnc21. The lowest BCUT2D eigenvalue weighted by atomic mass is 10.2. The van der Waals surface area contributed by atoms with Crippen LogP contribution in [-0.2, 0) is 0 Å². The first-order valence-electron chi connectivity index (χ1n) is 5.59. The number of halogens is 2. The first kappa shape index (κ1) is 12.3. The van der Waals surface area contributed by atoms with Crippen LogP contribution in [0.1, 0.15) is 5.56 Å². The molecular weight excluding hydrogens is 285 g/mol. The van der Waals surface area contributed by atoms with Crippen molar-refractivity contribution in [2.75, 3.05) is 0 Å². The smallest absolute Gasteiger partial charge is 0.184 e. The van der Waals surface area contributed by atoms with Crippen LogP contribution in [0.3, 0.4) is 0 Å². The Labute approximate surface area is 118 Å². The molecule has 0 fully saturated rings. The van der Waals surface area contributed by atoms with Crippen LogP contribution < -0.4 is 0 Å². The predicted molar refractivity (Wildman–Crippen MR) is 76.0 cm³/mol. The van der Waals surface area contributed by atoms with Crippen molar-refractivity contribution in [3.63, 3.8) is 0 Å². The molecule has 3 nitrogen and oxygen atoms in total. The van der Waals surface area contributed by atoms with Crippen molar-refractivity contribution in [3.8, 4) is 5.69 Å². The van der Waals surface area contributed by atoms with Gasteiger partial charge in [0.1, 0.15) is 5.82 Å². The van der Waals surface area contributed by atoms with Crippen LogP contribution in [-0.4, -0.2) is 14.5 Å². The van der Waals surface area contributed by atoms with E-state index >= 15 is 0 Å². The number of aromatic nitrogens is 3. The van der Waals surface area contributed by atoms with Crippen molar-refractivity contribution < 1.29 is 4.39 Å². The molecule has 6 heteroatoms. The van der Waals surface area contributed by atoms with Gasteiger partial charge in [-0.25, -0.2) is 9.37 Å². The fourth-order valence-corrected chi connectivity index (χ4v) is 2.52. The summed E-state index contributed by atoms with van der Waals surface area (Å²) in [6, 6.07) is 6.31. The number of benzene rings is 1. The fraction of sp³-hybridized carbons (Fsp3) is 0.0769. The van der Waals surface area contributed by atoms with Crippen molar-refractivity contribution in [1.29, 1.82) is 0 Å². The van der Waals surface area contributed by atoms with Crippen LogP contribution >= 0.6 is 23.8 Å². The third-order valence-electron chi connectivity index (χ3n) is 2.89. The van der Waals surface area contributed by atoms with Crippen molar-refractivity contribution in [2.45, 2.75) is 6.92 Å². The molecule has 0 aliphatic heterocycles. The number of rotatable bonds is 1. The number of aryl methyl sites for hydroxylation is 1. The monoisotopic (exact) mass is 293 g/mol. The Morgan fingerprint density at radius 3 is 2.89 bits per heavy atom. The van der Waals surface area contributed by atoms with Crippen molar-refractivity contribution >= 4 is 35.0 Å². The van der Waals surface area contributed by atoms with E-state index in [4.69, 9.17) is 23.8 Å². The van der Waals surface area contributed by atoms with Gasteiger partial charge in [0.25, 0.3) is 0 Å². The fourth-order valence-electron chi connectivity index (χ4n) is 2.06. The molecule has 0 amide bonds. The number of imidazole rings is 1. The number of aromatic amines is 1. The zero-order valence-electron chi connectivity index (χ0n) is 9.95. The second kappa shape index (κ2) is 4.43. The average Bonchev–Trinajstić information content (AvgIpc) is 2.65. The third kappa shape index (κ3) is 2.05. The van der Waals surface area contributed by atoms with Gasteiger partial charge in [0.15, 0.2) is 10.4 Å². The summed E-state index contributed by atoms with van der Waals surface area (Å²) < 4.78 is 15.5. The summed E-state index contributed by atoms with van der Waals surface area (Å²) in [6.07, 6.45) is 1.56. The Morgan fingerprint density at radius 2 is 2.16 bits per heavy atom. The molecular formula is C13H9ClFN3S. The maximum atomic E-state index is 13.2. The van der Waals surface area contributed by atoms with Gasteiger partial charge in [-0.05, 0) is 49.0 Å². The number of hydrogen-bond acceptors (Lipinski definition) is 2. The van der Waals surface area contributed by atoms with Crippen LogP contribution in [0.25, 0.3) is 16.9 Å². The van der Waals surface area contributed by atoms with E-state index in [0.717, 1.165) is 16.8 Å². The van der Waals surface area contributed by atoms with E-state index in [1.807, 2.05) is 6.92 Å². The molecule has 0 aliphatic rings. The minimum Gasteiger partial charge on any atom is -0.329 e. The van der Waals surface area contributed by atoms with Gasteiger partial charge in [-0.1, -0.05) is 11.6 Å². The number of nitrogens with one attached hydrogen (secondary N) is 1. The number of hydrogen-bond donors (Lipinski definition) is 1. The molecule has 19 heavy (non-hydrogen) atoms. The van der Waals surface area contributed by atoms with E-state index in [1.54, 1.807) is 22.9 Å². The van der Waals surface area contributed by atoms with E-state index in [-0.39, 0.29) is 5.82 Å². The molecule has 0 atom stereocenters. The lowest BCUT2D eigenvalue weighted by Crippen LogP contribution is -1.98. The van der Waals surface area contributed by atoms with Gasteiger partial charge < -0.3 is 4.98 Å². The van der Waals surface area contributed by atoms with E-state index < -0.39 is 0 Å². The molecule has 3 aromatic rings. The summed E-state index contributed by atoms with van der Waals surface area (Å²) in [5, 5.41) is 0.534. The van der Waals surface area contributed by atoms with E-state index in [0.29, 0.717) is 15.4 Å². The third-order valence-corrected chi connectivity index (χ3v) is 3.38. The van der Waals surface area contributed by atoms with Gasteiger partial charge in [-0.3, -0.25) is 4.57 Å². The highest BCUT2D eigenvalue weighted by molar-refractivity contribution is 7.71. The molecule has 96 valence electrons. The molecule has 2 heterocycles. The molecule has 0 bridgehead atoms. The second-order valence-corrected chi connectivity index (χ2v) is 5.04. The van der Waals surface area contributed by atoms with Crippen LogP contribution in [0.2, 0.25) is 5.02 Å². The predicted octanol–water partition coefficient (Wildman–Crippen LogP) is 4.18. The molecule has 0 unspecified atom stereocenters. The van der Waals surface area contributed by atoms with Crippen LogP contribution in [0.4, 0.5) is 4.39 Å². The standard InChI is InChI=1S/C13H9ClFN3S/c1-7-4-9(15)2-3-11(7)18-12-10(17-13(18)19)5-8(14)6-16-12/h2-6H,1H3,(H,17,19). The molecule has 2 aromatic heterocycles. The summed E-state index contributed by atoms with van der Waals surface area (Å²) in [5.41, 5.74) is 3.01. The normalized spacial score (nSPS) is 11.1. The van der Waals surface area contributed by atoms with Gasteiger partial charge in [0.05, 0.1) is 16.2 Å². The largest absolute Gasteiger partial charge is 0.329 e. The minimum atomic E-state index is -0.274. The van der Waals surface area contributed by atoms with E-state index in [1.165, 1.54) is 12.1 Å². The first-order chi connectivity index (χ1) is 9.06. The van der Waals surface area contributed by atoms with Gasteiger partial charge in [-0.15, -0.1) is 0 Å². The summed E-state index contributed by atoms with van der Waals surface area (Å²) in [4.78, 5) is 7.33. The maximum Gasteiger partial charge on any atom is 0.184 e. The molecule has 0 saturated heterocycles. The number of H-pyrrole nitrogens is 1. The van der Waals surface area contributed by atoms with Gasteiger partial charge in [-0.2, -0.15) is 0 Å². The van der Waals surface area contributed by atoms with E-state index in [9.17, 15) is 4.39 Å². The van der Waals surface area contributed by atoms with Gasteiger partial charge >= 0.3 is 0 Å². The highest BCUT2D eigenvalue weighted by Gasteiger charge is 2.10. The summed E-state index contributed by atoms with van der Waals surface area (Å²) in [7, 11) is 0. The number of fused-ring (bicyclic) bond motifs is 1. The maximum absolute atomic E-state index is 13.2. The van der Waals surface area contributed by atoms with Gasteiger partial charge in [0.2, 0.25) is 0 Å². The average molecular weight is 294 g/mol. The number of pyridine rings is 1. The summed E-state index contributed by atoms with van der Waals surface area (Å²) in [5.74, 6) is -0.274. The molecule has 0 spiro atoms. The lowest BCUT2D eigenvalue weighted by molar-refractivity contribution is 0.626. The molecule has 1 aromatic carbocycles. The Balaban J connectivity index is 2.36. The molecule has 3 rings (SSSR count). The molecule has 0 radical (unpaired) electrons. The highest BCUT2D eigenvalue weighted by atomic mass is 35.5.